The van der Waals surface area contributed by atoms with Gasteiger partial charge in [0.25, 0.3) is 0 Å². The number of carbonyl (C=O) groups is 2. The molecule has 0 aliphatic carbocycles. The van der Waals surface area contributed by atoms with Crippen molar-refractivity contribution in [2.75, 3.05) is 43.2 Å². The number of amides is 2. The van der Waals surface area contributed by atoms with Gasteiger partial charge < -0.3 is 20.1 Å². The molecule has 2 saturated heterocycles. The molecule has 1 atom stereocenters. The zero-order valence-corrected chi connectivity index (χ0v) is 17.8. The zero-order chi connectivity index (χ0) is 21.4. The van der Waals surface area contributed by atoms with Crippen LogP contribution in [0.2, 0.25) is 0 Å². The standard InChI is InChI=1S/C20H27N3O6S/c1-20(6-9-30(26,27)12-20)22-18(24)11-23-7-4-14(5-8-23)19(25)21-15-2-3-16-17(10-15)29-13-28-16/h2-3,10,14H,4-9,11-13H2,1H3,(H,21,25)(H,22,24)/t20-/m1/s1. The number of nitrogens with one attached hydrogen (secondary N) is 2. The van der Waals surface area contributed by atoms with Crippen LogP contribution in [0.1, 0.15) is 26.2 Å². The number of benzene rings is 1. The van der Waals surface area contributed by atoms with Crippen LogP contribution in [0.25, 0.3) is 0 Å². The highest BCUT2D eigenvalue weighted by Gasteiger charge is 2.39. The number of piperidine rings is 1. The first-order chi connectivity index (χ1) is 14.2. The molecule has 0 saturated carbocycles. The molecule has 30 heavy (non-hydrogen) atoms. The summed E-state index contributed by atoms with van der Waals surface area (Å²) in [5.41, 5.74) is -0.00975. The van der Waals surface area contributed by atoms with Crippen LogP contribution in [-0.4, -0.2) is 68.6 Å². The van der Waals surface area contributed by atoms with Crippen LogP contribution in [0.15, 0.2) is 18.2 Å². The number of hydrogen-bond acceptors (Lipinski definition) is 7. The van der Waals surface area contributed by atoms with E-state index in [-0.39, 0.29) is 42.6 Å². The van der Waals surface area contributed by atoms with Gasteiger partial charge in [-0.3, -0.25) is 14.5 Å². The van der Waals surface area contributed by atoms with Crippen LogP contribution in [0.3, 0.4) is 0 Å². The van der Waals surface area contributed by atoms with E-state index in [0.717, 1.165) is 0 Å². The maximum atomic E-state index is 12.6. The molecule has 2 fully saturated rings. The minimum Gasteiger partial charge on any atom is -0.454 e. The van der Waals surface area contributed by atoms with Crippen molar-refractivity contribution in [3.63, 3.8) is 0 Å². The van der Waals surface area contributed by atoms with Crippen molar-refractivity contribution in [2.24, 2.45) is 5.92 Å². The summed E-state index contributed by atoms with van der Waals surface area (Å²) >= 11 is 0. The van der Waals surface area contributed by atoms with E-state index in [1.165, 1.54) is 0 Å². The number of ether oxygens (including phenoxy) is 2. The van der Waals surface area contributed by atoms with Crippen LogP contribution in [0.5, 0.6) is 11.5 Å². The average Bonchev–Trinajstić information content (AvgIpc) is 3.25. The number of rotatable bonds is 5. The number of likely N-dealkylation sites (tertiary alicyclic amines) is 1. The fourth-order valence-corrected chi connectivity index (χ4v) is 6.35. The summed E-state index contributed by atoms with van der Waals surface area (Å²) in [4.78, 5) is 27.0. The van der Waals surface area contributed by atoms with Crippen molar-refractivity contribution in [2.45, 2.75) is 31.7 Å². The highest BCUT2D eigenvalue weighted by Crippen LogP contribution is 2.34. The summed E-state index contributed by atoms with van der Waals surface area (Å²) in [6, 6.07) is 5.31. The molecule has 0 spiro atoms. The second-order valence-electron chi connectivity index (χ2n) is 8.56. The SMILES string of the molecule is C[C@@]1(NC(=O)CN2CCC(C(=O)Nc3ccc4c(c3)OCO4)CC2)CCS(=O)(=O)C1. The molecule has 0 bridgehead atoms. The summed E-state index contributed by atoms with van der Waals surface area (Å²) < 4.78 is 34.0. The molecule has 2 N–H and O–H groups in total. The van der Waals surface area contributed by atoms with E-state index in [4.69, 9.17) is 9.47 Å². The lowest BCUT2D eigenvalue weighted by Gasteiger charge is -2.32. The van der Waals surface area contributed by atoms with E-state index in [0.29, 0.717) is 49.5 Å². The normalized spacial score (nSPS) is 25.8. The third kappa shape index (κ3) is 4.86. The Hall–Kier alpha value is -2.33. The summed E-state index contributed by atoms with van der Waals surface area (Å²) in [5.74, 6) is 1.08. The van der Waals surface area contributed by atoms with Crippen LogP contribution in [0.4, 0.5) is 5.69 Å². The third-order valence-electron chi connectivity index (χ3n) is 5.91. The summed E-state index contributed by atoms with van der Waals surface area (Å²) in [5, 5.41) is 5.81. The molecule has 2 amide bonds. The van der Waals surface area contributed by atoms with Crippen molar-refractivity contribution in [3.05, 3.63) is 18.2 Å². The molecule has 10 heteroatoms. The number of carbonyl (C=O) groups excluding carboxylic acids is 2. The molecule has 3 aliphatic rings. The van der Waals surface area contributed by atoms with Crippen LogP contribution in [0, 0.1) is 5.92 Å². The number of anilines is 1. The van der Waals surface area contributed by atoms with Gasteiger partial charge in [-0.05, 0) is 51.4 Å². The van der Waals surface area contributed by atoms with Crippen LogP contribution < -0.4 is 20.1 Å². The summed E-state index contributed by atoms with van der Waals surface area (Å²) in [6.07, 6.45) is 1.77. The van der Waals surface area contributed by atoms with Gasteiger partial charge >= 0.3 is 0 Å². The van der Waals surface area contributed by atoms with Gasteiger partial charge in [-0.1, -0.05) is 0 Å². The maximum Gasteiger partial charge on any atom is 0.234 e. The van der Waals surface area contributed by atoms with Crippen molar-refractivity contribution in [1.29, 1.82) is 0 Å². The highest BCUT2D eigenvalue weighted by molar-refractivity contribution is 7.91. The Morgan fingerprint density at radius 2 is 1.93 bits per heavy atom. The van der Waals surface area contributed by atoms with Gasteiger partial charge in [0, 0.05) is 17.7 Å². The molecule has 164 valence electrons. The Kier molecular flexibility index (Phi) is 5.63. The largest absolute Gasteiger partial charge is 0.454 e. The highest BCUT2D eigenvalue weighted by atomic mass is 32.2. The quantitative estimate of drug-likeness (QED) is 0.699. The van der Waals surface area contributed by atoms with E-state index in [9.17, 15) is 18.0 Å². The lowest BCUT2D eigenvalue weighted by Crippen LogP contribution is -2.51. The third-order valence-corrected chi connectivity index (χ3v) is 7.81. The maximum absolute atomic E-state index is 12.6. The van der Waals surface area contributed by atoms with E-state index in [2.05, 4.69) is 10.6 Å². The summed E-state index contributed by atoms with van der Waals surface area (Å²) in [7, 11) is -3.07. The zero-order valence-electron chi connectivity index (χ0n) is 17.0. The number of sulfone groups is 1. The van der Waals surface area contributed by atoms with Crippen molar-refractivity contribution < 1.29 is 27.5 Å². The van der Waals surface area contributed by atoms with E-state index in [1.807, 2.05) is 4.90 Å². The van der Waals surface area contributed by atoms with Crippen molar-refractivity contribution in [3.8, 4) is 11.5 Å². The molecule has 3 heterocycles. The van der Waals surface area contributed by atoms with Crippen LogP contribution in [-0.2, 0) is 19.4 Å². The Morgan fingerprint density at radius 3 is 2.63 bits per heavy atom. The van der Waals surface area contributed by atoms with Gasteiger partial charge in [0.05, 0.1) is 23.6 Å². The fraction of sp³-hybridized carbons (Fsp3) is 0.600. The second-order valence-corrected chi connectivity index (χ2v) is 10.7. The van der Waals surface area contributed by atoms with Gasteiger partial charge in [-0.15, -0.1) is 0 Å². The molecule has 0 unspecified atom stereocenters. The van der Waals surface area contributed by atoms with E-state index >= 15 is 0 Å². The summed E-state index contributed by atoms with van der Waals surface area (Å²) in [6.45, 7) is 3.46. The van der Waals surface area contributed by atoms with Crippen molar-refractivity contribution >= 4 is 27.3 Å². The van der Waals surface area contributed by atoms with Gasteiger partial charge in [0.1, 0.15) is 0 Å². The smallest absolute Gasteiger partial charge is 0.234 e. The van der Waals surface area contributed by atoms with Gasteiger partial charge in [-0.2, -0.15) is 0 Å². The monoisotopic (exact) mass is 437 g/mol. The van der Waals surface area contributed by atoms with E-state index < -0.39 is 15.4 Å². The minimum atomic E-state index is -3.07. The van der Waals surface area contributed by atoms with Crippen LogP contribution >= 0.6 is 0 Å². The molecule has 0 aromatic heterocycles. The average molecular weight is 438 g/mol. The Balaban J connectivity index is 1.23. The van der Waals surface area contributed by atoms with E-state index in [1.54, 1.807) is 25.1 Å². The number of nitrogens with zero attached hydrogens (tertiary/aromatic N) is 1. The molecular weight excluding hydrogens is 410 g/mol. The minimum absolute atomic E-state index is 0.00611. The van der Waals surface area contributed by atoms with Gasteiger partial charge in [0.2, 0.25) is 18.6 Å². The molecule has 0 radical (unpaired) electrons. The Labute approximate surface area is 176 Å². The first kappa shape index (κ1) is 20.9. The molecule has 4 rings (SSSR count). The lowest BCUT2D eigenvalue weighted by atomic mass is 9.95. The van der Waals surface area contributed by atoms with Gasteiger partial charge in [0.15, 0.2) is 21.3 Å². The van der Waals surface area contributed by atoms with Gasteiger partial charge in [-0.25, -0.2) is 8.42 Å². The fourth-order valence-electron chi connectivity index (χ4n) is 4.26. The topological polar surface area (TPSA) is 114 Å². The predicted octanol–water partition coefficient (Wildman–Crippen LogP) is 0.759. The molecule has 9 nitrogen and oxygen atoms in total. The predicted molar refractivity (Wildman–Crippen MR) is 110 cm³/mol. The lowest BCUT2D eigenvalue weighted by molar-refractivity contribution is -0.124. The Bertz CT molecular complexity index is 942. The molecule has 3 aliphatic heterocycles. The Morgan fingerprint density at radius 1 is 1.20 bits per heavy atom. The first-order valence-corrected chi connectivity index (χ1v) is 12.0. The number of hydrogen-bond donors (Lipinski definition) is 2. The number of fused-ring (bicyclic) bond motifs is 1. The first-order valence-electron chi connectivity index (χ1n) is 10.2. The molecule has 1 aromatic carbocycles. The molecular formula is C20H27N3O6S. The molecule has 1 aromatic rings. The van der Waals surface area contributed by atoms with Crippen molar-refractivity contribution in [1.82, 2.24) is 10.2 Å². The second kappa shape index (κ2) is 8.07.